The number of carbonyl (C=O) groups is 1. The van der Waals surface area contributed by atoms with Crippen molar-refractivity contribution in [1.29, 1.82) is 0 Å². The van der Waals surface area contributed by atoms with Gasteiger partial charge in [0.05, 0.1) is 16.3 Å². The highest BCUT2D eigenvalue weighted by atomic mass is 35.5. The molecule has 1 aromatic carbocycles. The predicted octanol–water partition coefficient (Wildman–Crippen LogP) is 3.54. The van der Waals surface area contributed by atoms with Gasteiger partial charge >= 0.3 is 0 Å². The Morgan fingerprint density at radius 3 is 2.91 bits per heavy atom. The monoisotopic (exact) mass is 351 g/mol. The molecule has 1 aliphatic carbocycles. The molecule has 2 aromatic rings. The maximum absolute atomic E-state index is 12.6. The zero-order chi connectivity index (χ0) is 16.7. The number of fused-ring (bicyclic) bond motifs is 1. The highest BCUT2D eigenvalue weighted by Gasteiger charge is 2.32. The van der Waals surface area contributed by atoms with E-state index in [-0.39, 0.29) is 22.7 Å². The van der Waals surface area contributed by atoms with Crippen molar-refractivity contribution in [2.75, 3.05) is 0 Å². The van der Waals surface area contributed by atoms with Crippen molar-refractivity contribution in [3.63, 3.8) is 0 Å². The molecule has 1 N–H and O–H groups in total. The van der Waals surface area contributed by atoms with Gasteiger partial charge in [0, 0.05) is 18.5 Å². The standard InChI is InChI=1S/C17H19Cl2N3O/c1-9-4-5-11-15(6-9)22(3)21-16(11)17(23)20-14-8-12(18)10(2)7-13(14)19/h4-6,12-14H,2,7-8H2,1,3H3,(H,20,23). The smallest absolute Gasteiger partial charge is 0.272 e. The minimum Gasteiger partial charge on any atom is -0.346 e. The Morgan fingerprint density at radius 2 is 2.17 bits per heavy atom. The average molecular weight is 352 g/mol. The fourth-order valence-electron chi connectivity index (χ4n) is 2.98. The van der Waals surface area contributed by atoms with Gasteiger partial charge in [-0.3, -0.25) is 9.48 Å². The largest absolute Gasteiger partial charge is 0.346 e. The van der Waals surface area contributed by atoms with Crippen LogP contribution in [0.2, 0.25) is 0 Å². The molecule has 23 heavy (non-hydrogen) atoms. The summed E-state index contributed by atoms with van der Waals surface area (Å²) >= 11 is 12.6. The number of aryl methyl sites for hydroxylation is 2. The number of hydrogen-bond donors (Lipinski definition) is 1. The fourth-order valence-corrected chi connectivity index (χ4v) is 3.62. The number of alkyl halides is 2. The van der Waals surface area contributed by atoms with Gasteiger partial charge in [-0.2, -0.15) is 5.10 Å². The molecule has 1 saturated carbocycles. The van der Waals surface area contributed by atoms with Crippen LogP contribution in [0.5, 0.6) is 0 Å². The van der Waals surface area contributed by atoms with E-state index in [9.17, 15) is 4.79 Å². The fraction of sp³-hybridized carbons (Fsp3) is 0.412. The van der Waals surface area contributed by atoms with Gasteiger partial charge in [-0.15, -0.1) is 23.2 Å². The van der Waals surface area contributed by atoms with Crippen molar-refractivity contribution in [2.45, 2.75) is 36.6 Å². The third-order valence-electron chi connectivity index (χ3n) is 4.34. The first-order valence-corrected chi connectivity index (χ1v) is 8.44. The third kappa shape index (κ3) is 3.10. The summed E-state index contributed by atoms with van der Waals surface area (Å²) in [4.78, 5) is 12.6. The van der Waals surface area contributed by atoms with E-state index in [1.54, 1.807) is 4.68 Å². The summed E-state index contributed by atoms with van der Waals surface area (Å²) in [5, 5.41) is 7.84. The number of nitrogens with zero attached hydrogens (tertiary/aromatic N) is 2. The number of benzene rings is 1. The van der Waals surface area contributed by atoms with Gasteiger partial charge < -0.3 is 5.32 Å². The molecule has 0 saturated heterocycles. The first-order valence-electron chi connectivity index (χ1n) is 7.57. The van der Waals surface area contributed by atoms with Crippen LogP contribution in [0.3, 0.4) is 0 Å². The van der Waals surface area contributed by atoms with E-state index < -0.39 is 0 Å². The Labute approximate surface area is 145 Å². The van der Waals surface area contributed by atoms with Crippen LogP contribution in [0.1, 0.15) is 28.9 Å². The van der Waals surface area contributed by atoms with Crippen molar-refractivity contribution in [3.8, 4) is 0 Å². The maximum Gasteiger partial charge on any atom is 0.272 e. The topological polar surface area (TPSA) is 46.9 Å². The van der Waals surface area contributed by atoms with Gasteiger partial charge in [-0.25, -0.2) is 0 Å². The zero-order valence-electron chi connectivity index (χ0n) is 13.1. The SMILES string of the molecule is C=C1CC(Cl)C(NC(=O)c2nn(C)c3cc(C)ccc23)CC1Cl. The summed E-state index contributed by atoms with van der Waals surface area (Å²) in [6.07, 6.45) is 1.20. The summed E-state index contributed by atoms with van der Waals surface area (Å²) in [5.74, 6) is -0.216. The highest BCUT2D eigenvalue weighted by molar-refractivity contribution is 6.24. The molecule has 3 atom stereocenters. The van der Waals surface area contributed by atoms with E-state index in [4.69, 9.17) is 23.2 Å². The van der Waals surface area contributed by atoms with E-state index >= 15 is 0 Å². The van der Waals surface area contributed by atoms with Crippen LogP contribution in [0, 0.1) is 6.92 Å². The lowest BCUT2D eigenvalue weighted by Crippen LogP contribution is -2.46. The molecule has 0 radical (unpaired) electrons. The van der Waals surface area contributed by atoms with Crippen LogP contribution in [-0.2, 0) is 7.05 Å². The molecule has 0 spiro atoms. The Balaban J connectivity index is 1.85. The molecule has 1 aliphatic rings. The summed E-state index contributed by atoms with van der Waals surface area (Å²) in [5.41, 5.74) is 3.41. The average Bonchev–Trinajstić information content (AvgIpc) is 2.81. The lowest BCUT2D eigenvalue weighted by Gasteiger charge is -2.32. The first-order chi connectivity index (χ1) is 10.9. The molecule has 1 heterocycles. The van der Waals surface area contributed by atoms with Crippen LogP contribution in [0.25, 0.3) is 10.9 Å². The number of carbonyl (C=O) groups excluding carboxylic acids is 1. The van der Waals surface area contributed by atoms with Gasteiger partial charge in [0.2, 0.25) is 0 Å². The molecule has 1 aromatic heterocycles. The Kier molecular flexibility index (Phi) is 4.39. The minimum absolute atomic E-state index is 0.154. The molecule has 3 unspecified atom stereocenters. The van der Waals surface area contributed by atoms with E-state index in [0.717, 1.165) is 22.0 Å². The minimum atomic E-state index is -0.216. The lowest BCUT2D eigenvalue weighted by atomic mass is 9.90. The van der Waals surface area contributed by atoms with Crippen LogP contribution >= 0.6 is 23.2 Å². The third-order valence-corrected chi connectivity index (χ3v) is 5.28. The highest BCUT2D eigenvalue weighted by Crippen LogP contribution is 2.31. The van der Waals surface area contributed by atoms with Gasteiger partial charge in [0.25, 0.3) is 5.91 Å². The number of nitrogens with one attached hydrogen (secondary N) is 1. The quantitative estimate of drug-likeness (QED) is 0.664. The molecule has 0 bridgehead atoms. The Hall–Kier alpha value is -1.52. The van der Waals surface area contributed by atoms with E-state index in [0.29, 0.717) is 18.5 Å². The van der Waals surface area contributed by atoms with Crippen LogP contribution in [0.15, 0.2) is 30.4 Å². The normalized spacial score (nSPS) is 24.9. The van der Waals surface area contributed by atoms with Crippen LogP contribution < -0.4 is 5.32 Å². The first kappa shape index (κ1) is 16.3. The second-order valence-corrected chi connectivity index (χ2v) is 7.24. The molecular formula is C17H19Cl2N3O. The van der Waals surface area contributed by atoms with Crippen molar-refractivity contribution in [2.24, 2.45) is 7.05 Å². The molecule has 6 heteroatoms. The second-order valence-electron chi connectivity index (χ2n) is 6.15. The number of amides is 1. The molecule has 3 rings (SSSR count). The van der Waals surface area contributed by atoms with Gasteiger partial charge in [0.1, 0.15) is 0 Å². The van der Waals surface area contributed by atoms with Gasteiger partial charge in [0.15, 0.2) is 5.69 Å². The molecule has 122 valence electrons. The number of allylic oxidation sites excluding steroid dienone is 1. The van der Waals surface area contributed by atoms with E-state index in [1.165, 1.54) is 0 Å². The van der Waals surface area contributed by atoms with Crippen LogP contribution in [0.4, 0.5) is 0 Å². The number of hydrogen-bond acceptors (Lipinski definition) is 2. The lowest BCUT2D eigenvalue weighted by molar-refractivity contribution is 0.0927. The zero-order valence-corrected chi connectivity index (χ0v) is 14.7. The van der Waals surface area contributed by atoms with Crippen molar-refractivity contribution in [1.82, 2.24) is 15.1 Å². The summed E-state index contributed by atoms with van der Waals surface area (Å²) < 4.78 is 1.72. The van der Waals surface area contributed by atoms with Gasteiger partial charge in [-0.1, -0.05) is 24.3 Å². The van der Waals surface area contributed by atoms with E-state index in [2.05, 4.69) is 17.0 Å². The Bertz CT molecular complexity index is 783. The summed E-state index contributed by atoms with van der Waals surface area (Å²) in [6.45, 7) is 5.94. The van der Waals surface area contributed by atoms with Crippen molar-refractivity contribution >= 4 is 40.0 Å². The number of halogens is 2. The van der Waals surface area contributed by atoms with E-state index in [1.807, 2.05) is 32.2 Å². The number of rotatable bonds is 2. The van der Waals surface area contributed by atoms with Crippen molar-refractivity contribution in [3.05, 3.63) is 41.6 Å². The Morgan fingerprint density at radius 1 is 1.43 bits per heavy atom. The predicted molar refractivity (Wildman–Crippen MR) is 94.4 cm³/mol. The van der Waals surface area contributed by atoms with Crippen LogP contribution in [-0.4, -0.2) is 32.5 Å². The summed E-state index contributed by atoms with van der Waals surface area (Å²) in [6, 6.07) is 5.74. The molecule has 0 aliphatic heterocycles. The van der Waals surface area contributed by atoms with Crippen molar-refractivity contribution < 1.29 is 4.79 Å². The number of aromatic nitrogens is 2. The molecular weight excluding hydrogens is 333 g/mol. The van der Waals surface area contributed by atoms with Gasteiger partial charge in [-0.05, 0) is 31.4 Å². The second kappa shape index (κ2) is 6.17. The maximum atomic E-state index is 12.6. The molecule has 1 fully saturated rings. The molecule has 4 nitrogen and oxygen atoms in total. The summed E-state index contributed by atoms with van der Waals surface area (Å²) in [7, 11) is 1.84. The molecule has 1 amide bonds.